The van der Waals surface area contributed by atoms with Crippen molar-refractivity contribution < 1.29 is 0 Å². The van der Waals surface area contributed by atoms with Crippen LogP contribution >= 0.6 is 0 Å². The van der Waals surface area contributed by atoms with E-state index in [1.807, 2.05) is 0 Å². The molecule has 2 nitrogen and oxygen atoms in total. The standard InChI is InChI=1S/C16H22N2/c1-12(2)15(10-17)11-18-16-8-7-13-5-3-4-6-14(13)9-16/h3-9,12,15,18H,10-11,17H2,1-2H3. The molecule has 1 atom stereocenters. The Morgan fingerprint density at radius 1 is 1.06 bits per heavy atom. The second-order valence-electron chi connectivity index (χ2n) is 5.18. The van der Waals surface area contributed by atoms with E-state index in [1.54, 1.807) is 0 Å². The number of rotatable bonds is 5. The van der Waals surface area contributed by atoms with Crippen LogP contribution in [-0.4, -0.2) is 13.1 Å². The van der Waals surface area contributed by atoms with Gasteiger partial charge >= 0.3 is 0 Å². The zero-order valence-corrected chi connectivity index (χ0v) is 11.2. The molecule has 0 aliphatic heterocycles. The maximum Gasteiger partial charge on any atom is 0.0346 e. The van der Waals surface area contributed by atoms with Gasteiger partial charge in [-0.1, -0.05) is 44.2 Å². The Labute approximate surface area is 109 Å². The lowest BCUT2D eigenvalue weighted by atomic mass is 9.96. The van der Waals surface area contributed by atoms with Crippen molar-refractivity contribution in [2.75, 3.05) is 18.4 Å². The van der Waals surface area contributed by atoms with Gasteiger partial charge in [-0.2, -0.15) is 0 Å². The van der Waals surface area contributed by atoms with Gasteiger partial charge in [0.1, 0.15) is 0 Å². The number of benzene rings is 2. The summed E-state index contributed by atoms with van der Waals surface area (Å²) in [5.41, 5.74) is 6.96. The molecule has 2 rings (SSSR count). The van der Waals surface area contributed by atoms with Gasteiger partial charge in [-0.25, -0.2) is 0 Å². The predicted octanol–water partition coefficient (Wildman–Crippen LogP) is 3.48. The fourth-order valence-electron chi connectivity index (χ4n) is 2.14. The number of hydrogen-bond donors (Lipinski definition) is 2. The summed E-state index contributed by atoms with van der Waals surface area (Å²) in [6.07, 6.45) is 0. The second-order valence-corrected chi connectivity index (χ2v) is 5.18. The number of anilines is 1. The van der Waals surface area contributed by atoms with Crippen molar-refractivity contribution in [2.24, 2.45) is 17.6 Å². The van der Waals surface area contributed by atoms with Gasteiger partial charge < -0.3 is 11.1 Å². The Morgan fingerprint density at radius 2 is 1.78 bits per heavy atom. The maximum atomic E-state index is 5.79. The Kier molecular flexibility index (Phi) is 4.21. The Hall–Kier alpha value is -1.54. The molecule has 0 aliphatic rings. The lowest BCUT2D eigenvalue weighted by Gasteiger charge is -2.20. The van der Waals surface area contributed by atoms with E-state index in [2.05, 4.69) is 61.6 Å². The summed E-state index contributed by atoms with van der Waals surface area (Å²) in [6, 6.07) is 14.9. The normalized spacial score (nSPS) is 12.9. The molecule has 0 bridgehead atoms. The first kappa shape index (κ1) is 12.9. The molecule has 0 saturated heterocycles. The summed E-state index contributed by atoms with van der Waals surface area (Å²) in [7, 11) is 0. The molecule has 18 heavy (non-hydrogen) atoms. The van der Waals surface area contributed by atoms with Crippen LogP contribution in [0.3, 0.4) is 0 Å². The molecular weight excluding hydrogens is 220 g/mol. The smallest absolute Gasteiger partial charge is 0.0346 e. The lowest BCUT2D eigenvalue weighted by molar-refractivity contribution is 0.413. The number of nitrogens with two attached hydrogens (primary N) is 1. The molecule has 0 spiro atoms. The van der Waals surface area contributed by atoms with Crippen LogP contribution in [0.1, 0.15) is 13.8 Å². The summed E-state index contributed by atoms with van der Waals surface area (Å²) < 4.78 is 0. The van der Waals surface area contributed by atoms with Crippen LogP contribution in [0.5, 0.6) is 0 Å². The first-order chi connectivity index (χ1) is 8.70. The fraction of sp³-hybridized carbons (Fsp3) is 0.375. The third kappa shape index (κ3) is 3.02. The molecule has 1 unspecified atom stereocenters. The molecule has 0 aromatic heterocycles. The van der Waals surface area contributed by atoms with E-state index >= 15 is 0 Å². The highest BCUT2D eigenvalue weighted by molar-refractivity contribution is 5.85. The van der Waals surface area contributed by atoms with Crippen LogP contribution in [0.15, 0.2) is 42.5 Å². The van der Waals surface area contributed by atoms with Crippen molar-refractivity contribution in [1.29, 1.82) is 0 Å². The number of nitrogens with one attached hydrogen (secondary N) is 1. The van der Waals surface area contributed by atoms with E-state index in [0.717, 1.165) is 13.1 Å². The van der Waals surface area contributed by atoms with Crippen molar-refractivity contribution in [2.45, 2.75) is 13.8 Å². The summed E-state index contributed by atoms with van der Waals surface area (Å²) in [5, 5.41) is 6.04. The zero-order chi connectivity index (χ0) is 13.0. The first-order valence-electron chi connectivity index (χ1n) is 6.63. The van der Waals surface area contributed by atoms with Crippen molar-refractivity contribution in [3.8, 4) is 0 Å². The SMILES string of the molecule is CC(C)C(CN)CNc1ccc2ccccc2c1. The van der Waals surface area contributed by atoms with Crippen molar-refractivity contribution in [3.63, 3.8) is 0 Å². The van der Waals surface area contributed by atoms with Crippen LogP contribution in [0, 0.1) is 11.8 Å². The van der Waals surface area contributed by atoms with Gasteiger partial charge in [0.2, 0.25) is 0 Å². The fourth-order valence-corrected chi connectivity index (χ4v) is 2.14. The van der Waals surface area contributed by atoms with Gasteiger partial charge in [0.15, 0.2) is 0 Å². The van der Waals surface area contributed by atoms with Crippen molar-refractivity contribution in [1.82, 2.24) is 0 Å². The molecule has 2 aromatic rings. The summed E-state index contributed by atoms with van der Waals surface area (Å²) in [4.78, 5) is 0. The molecule has 2 aromatic carbocycles. The monoisotopic (exact) mass is 242 g/mol. The average Bonchev–Trinajstić information content (AvgIpc) is 2.39. The molecule has 96 valence electrons. The molecule has 0 radical (unpaired) electrons. The average molecular weight is 242 g/mol. The van der Waals surface area contributed by atoms with Gasteiger partial charge in [0.05, 0.1) is 0 Å². The van der Waals surface area contributed by atoms with Crippen molar-refractivity contribution >= 4 is 16.5 Å². The van der Waals surface area contributed by atoms with Crippen LogP contribution in [0.4, 0.5) is 5.69 Å². The molecule has 0 fully saturated rings. The Balaban J connectivity index is 2.07. The minimum Gasteiger partial charge on any atom is -0.385 e. The van der Waals surface area contributed by atoms with Gasteiger partial charge in [0.25, 0.3) is 0 Å². The molecular formula is C16H22N2. The van der Waals surface area contributed by atoms with E-state index in [0.29, 0.717) is 11.8 Å². The highest BCUT2D eigenvalue weighted by atomic mass is 14.9. The highest BCUT2D eigenvalue weighted by Gasteiger charge is 2.10. The van der Waals surface area contributed by atoms with E-state index < -0.39 is 0 Å². The van der Waals surface area contributed by atoms with E-state index in [-0.39, 0.29) is 0 Å². The molecule has 0 amide bonds. The first-order valence-corrected chi connectivity index (χ1v) is 6.63. The van der Waals surface area contributed by atoms with E-state index in [4.69, 9.17) is 5.73 Å². The van der Waals surface area contributed by atoms with Crippen LogP contribution in [0.25, 0.3) is 10.8 Å². The Bertz CT molecular complexity index is 505. The highest BCUT2D eigenvalue weighted by Crippen LogP contribution is 2.19. The van der Waals surface area contributed by atoms with E-state index in [1.165, 1.54) is 16.5 Å². The second kappa shape index (κ2) is 5.87. The third-order valence-electron chi connectivity index (χ3n) is 3.56. The lowest BCUT2D eigenvalue weighted by Crippen LogP contribution is -2.27. The predicted molar refractivity (Wildman–Crippen MR) is 79.8 cm³/mol. The molecule has 3 N–H and O–H groups in total. The minimum absolute atomic E-state index is 0.525. The van der Waals surface area contributed by atoms with Gasteiger partial charge in [0, 0.05) is 12.2 Å². The van der Waals surface area contributed by atoms with Crippen molar-refractivity contribution in [3.05, 3.63) is 42.5 Å². The number of hydrogen-bond acceptors (Lipinski definition) is 2. The third-order valence-corrected chi connectivity index (χ3v) is 3.56. The maximum absolute atomic E-state index is 5.79. The Morgan fingerprint density at radius 3 is 2.44 bits per heavy atom. The van der Waals surface area contributed by atoms with Gasteiger partial charge in [-0.15, -0.1) is 0 Å². The van der Waals surface area contributed by atoms with Crippen LogP contribution in [-0.2, 0) is 0 Å². The molecule has 0 aliphatic carbocycles. The van der Waals surface area contributed by atoms with Gasteiger partial charge in [-0.3, -0.25) is 0 Å². The van der Waals surface area contributed by atoms with Crippen LogP contribution in [0.2, 0.25) is 0 Å². The zero-order valence-electron chi connectivity index (χ0n) is 11.2. The topological polar surface area (TPSA) is 38.0 Å². The number of fused-ring (bicyclic) bond motifs is 1. The molecule has 2 heteroatoms. The van der Waals surface area contributed by atoms with E-state index in [9.17, 15) is 0 Å². The molecule has 0 heterocycles. The largest absolute Gasteiger partial charge is 0.385 e. The minimum atomic E-state index is 0.525. The summed E-state index contributed by atoms with van der Waals surface area (Å²) in [6.45, 7) is 6.12. The summed E-state index contributed by atoms with van der Waals surface area (Å²) in [5.74, 6) is 1.14. The van der Waals surface area contributed by atoms with Crippen LogP contribution < -0.4 is 11.1 Å². The molecule has 0 saturated carbocycles. The quantitative estimate of drug-likeness (QED) is 0.842. The summed E-state index contributed by atoms with van der Waals surface area (Å²) >= 11 is 0. The van der Waals surface area contributed by atoms with Gasteiger partial charge in [-0.05, 0) is 41.3 Å².